The van der Waals surface area contributed by atoms with Crippen molar-refractivity contribution in [1.82, 2.24) is 14.8 Å². The molecule has 132 valence electrons. The number of aromatic nitrogens is 3. The van der Waals surface area contributed by atoms with Gasteiger partial charge in [0.05, 0.1) is 16.9 Å². The fourth-order valence-corrected chi connectivity index (χ4v) is 2.26. The molecule has 1 N–H and O–H groups in total. The van der Waals surface area contributed by atoms with Crippen LogP contribution in [0.1, 0.15) is 11.1 Å². The summed E-state index contributed by atoms with van der Waals surface area (Å²) in [7, 11) is 0. The van der Waals surface area contributed by atoms with Crippen LogP contribution in [0, 0.1) is 0 Å². The number of benzene rings is 2. The third kappa shape index (κ3) is 4.15. The normalized spacial score (nSPS) is 11.7. The molecule has 0 aliphatic heterocycles. The van der Waals surface area contributed by atoms with Crippen molar-refractivity contribution >= 4 is 17.7 Å². The summed E-state index contributed by atoms with van der Waals surface area (Å²) in [6.07, 6.45) is 0.871. The number of rotatable bonds is 4. The maximum absolute atomic E-state index is 13.0. The van der Waals surface area contributed by atoms with Crippen molar-refractivity contribution < 1.29 is 18.0 Å². The highest BCUT2D eigenvalue weighted by molar-refractivity contribution is 6.03. The van der Waals surface area contributed by atoms with E-state index in [0.29, 0.717) is 0 Å². The van der Waals surface area contributed by atoms with E-state index in [0.717, 1.165) is 17.7 Å². The number of alkyl halides is 3. The molecule has 2 aromatic carbocycles. The summed E-state index contributed by atoms with van der Waals surface area (Å²) in [5.74, 6) is -0.561. The number of carbonyl (C=O) groups is 1. The first-order chi connectivity index (χ1) is 12.4. The minimum absolute atomic E-state index is 0.0203. The van der Waals surface area contributed by atoms with Crippen LogP contribution in [0.15, 0.2) is 67.3 Å². The highest BCUT2D eigenvalue weighted by atomic mass is 19.4. The summed E-state index contributed by atoms with van der Waals surface area (Å²) < 4.78 is 40.2. The van der Waals surface area contributed by atoms with Gasteiger partial charge in [-0.25, -0.2) is 9.67 Å². The first kappa shape index (κ1) is 17.4. The predicted molar refractivity (Wildman–Crippen MR) is 90.5 cm³/mol. The number of nitrogens with one attached hydrogen (secondary N) is 1. The predicted octanol–water partition coefficient (Wildman–Crippen LogP) is 3.94. The Morgan fingerprint density at radius 1 is 1.12 bits per heavy atom. The van der Waals surface area contributed by atoms with Crippen molar-refractivity contribution in [2.24, 2.45) is 0 Å². The van der Waals surface area contributed by atoms with Crippen LogP contribution >= 0.6 is 0 Å². The van der Waals surface area contributed by atoms with Crippen LogP contribution in [0.25, 0.3) is 11.8 Å². The Bertz CT molecular complexity index is 919. The van der Waals surface area contributed by atoms with Crippen molar-refractivity contribution in [3.63, 3.8) is 0 Å². The second kappa shape index (κ2) is 7.22. The standard InChI is InChI=1S/C18H13F3N4O/c19-18(20,21)14-7-8-16(25-12-22-11-23-25)15(10-14)24-17(26)9-6-13-4-2-1-3-5-13/h1-12H,(H,24,26). The summed E-state index contributed by atoms with van der Waals surface area (Å²) in [6, 6.07) is 12.1. The summed E-state index contributed by atoms with van der Waals surface area (Å²) in [5, 5.41) is 6.36. The Labute approximate surface area is 146 Å². The Morgan fingerprint density at radius 3 is 2.54 bits per heavy atom. The molecule has 0 fully saturated rings. The van der Waals surface area contributed by atoms with Gasteiger partial charge in [-0.3, -0.25) is 4.79 Å². The van der Waals surface area contributed by atoms with E-state index >= 15 is 0 Å². The second-order valence-corrected chi connectivity index (χ2v) is 5.30. The number of hydrogen-bond acceptors (Lipinski definition) is 3. The van der Waals surface area contributed by atoms with E-state index in [1.807, 2.05) is 18.2 Å². The van der Waals surface area contributed by atoms with Gasteiger partial charge in [-0.2, -0.15) is 18.3 Å². The van der Waals surface area contributed by atoms with E-state index in [2.05, 4.69) is 15.4 Å². The molecule has 0 bridgehead atoms. The molecule has 0 saturated carbocycles. The fraction of sp³-hybridized carbons (Fsp3) is 0.0556. The van der Waals surface area contributed by atoms with Gasteiger partial charge in [0.2, 0.25) is 5.91 Å². The molecule has 5 nitrogen and oxygen atoms in total. The largest absolute Gasteiger partial charge is 0.416 e. The lowest BCUT2D eigenvalue weighted by Gasteiger charge is -2.13. The molecule has 3 aromatic rings. The Morgan fingerprint density at radius 2 is 1.88 bits per heavy atom. The molecule has 0 saturated heterocycles. The quantitative estimate of drug-likeness (QED) is 0.719. The van der Waals surface area contributed by atoms with Crippen LogP contribution in [0.5, 0.6) is 0 Å². The van der Waals surface area contributed by atoms with E-state index in [1.54, 1.807) is 18.2 Å². The lowest BCUT2D eigenvalue weighted by atomic mass is 10.1. The summed E-state index contributed by atoms with van der Waals surface area (Å²) in [6.45, 7) is 0. The third-order valence-electron chi connectivity index (χ3n) is 3.47. The lowest BCUT2D eigenvalue weighted by molar-refractivity contribution is -0.137. The summed E-state index contributed by atoms with van der Waals surface area (Å²) in [5.41, 5.74) is 0.178. The van der Waals surface area contributed by atoms with Crippen LogP contribution < -0.4 is 5.32 Å². The van der Waals surface area contributed by atoms with Gasteiger partial charge in [-0.05, 0) is 29.8 Å². The number of carbonyl (C=O) groups excluding carboxylic acids is 1. The molecule has 0 spiro atoms. The molecule has 1 aromatic heterocycles. The van der Waals surface area contributed by atoms with Crippen LogP contribution in [0.3, 0.4) is 0 Å². The van der Waals surface area contributed by atoms with Crippen molar-refractivity contribution in [3.8, 4) is 5.69 Å². The van der Waals surface area contributed by atoms with Crippen molar-refractivity contribution in [2.75, 3.05) is 5.32 Å². The van der Waals surface area contributed by atoms with Gasteiger partial charge in [-0.1, -0.05) is 30.3 Å². The molecular weight excluding hydrogens is 345 g/mol. The van der Waals surface area contributed by atoms with Gasteiger partial charge < -0.3 is 5.32 Å². The number of amides is 1. The van der Waals surface area contributed by atoms with Gasteiger partial charge in [0.25, 0.3) is 0 Å². The number of nitrogens with zero attached hydrogens (tertiary/aromatic N) is 3. The van der Waals surface area contributed by atoms with E-state index in [4.69, 9.17) is 0 Å². The molecule has 0 radical (unpaired) electrons. The zero-order valence-electron chi connectivity index (χ0n) is 13.3. The SMILES string of the molecule is O=C(C=Cc1ccccc1)Nc1cc(C(F)(F)F)ccc1-n1cncn1. The van der Waals surface area contributed by atoms with Crippen LogP contribution in [-0.4, -0.2) is 20.7 Å². The minimum Gasteiger partial charge on any atom is -0.321 e. The average Bonchev–Trinajstić information content (AvgIpc) is 3.14. The molecular formula is C18H13F3N4O. The maximum atomic E-state index is 13.0. The molecule has 8 heteroatoms. The molecule has 3 rings (SSSR count). The smallest absolute Gasteiger partial charge is 0.321 e. The van der Waals surface area contributed by atoms with Crippen LogP contribution in [0.4, 0.5) is 18.9 Å². The van der Waals surface area contributed by atoms with Gasteiger partial charge in [0.15, 0.2) is 0 Å². The monoisotopic (exact) mass is 358 g/mol. The van der Waals surface area contributed by atoms with E-state index in [9.17, 15) is 18.0 Å². The van der Waals surface area contributed by atoms with Crippen molar-refractivity contribution in [1.29, 1.82) is 0 Å². The van der Waals surface area contributed by atoms with Crippen LogP contribution in [0.2, 0.25) is 0 Å². The Kier molecular flexibility index (Phi) is 4.83. The van der Waals surface area contributed by atoms with E-state index in [1.165, 1.54) is 29.5 Å². The number of hydrogen-bond donors (Lipinski definition) is 1. The zero-order valence-corrected chi connectivity index (χ0v) is 13.3. The molecule has 26 heavy (non-hydrogen) atoms. The van der Waals surface area contributed by atoms with E-state index in [-0.39, 0.29) is 11.4 Å². The van der Waals surface area contributed by atoms with Crippen LogP contribution in [-0.2, 0) is 11.0 Å². The lowest BCUT2D eigenvalue weighted by Crippen LogP contribution is -2.13. The zero-order chi connectivity index (χ0) is 18.6. The Hall–Kier alpha value is -3.42. The molecule has 0 aliphatic carbocycles. The Balaban J connectivity index is 1.89. The fourth-order valence-electron chi connectivity index (χ4n) is 2.26. The van der Waals surface area contributed by atoms with Crippen molar-refractivity contribution in [3.05, 3.63) is 78.4 Å². The van der Waals surface area contributed by atoms with Gasteiger partial charge in [0, 0.05) is 6.08 Å². The molecule has 1 heterocycles. The highest BCUT2D eigenvalue weighted by Gasteiger charge is 2.31. The molecule has 1 amide bonds. The number of halogens is 3. The minimum atomic E-state index is -4.53. The van der Waals surface area contributed by atoms with Crippen molar-refractivity contribution in [2.45, 2.75) is 6.18 Å². The van der Waals surface area contributed by atoms with Gasteiger partial charge >= 0.3 is 6.18 Å². The highest BCUT2D eigenvalue weighted by Crippen LogP contribution is 2.33. The first-order valence-corrected chi connectivity index (χ1v) is 7.54. The molecule has 0 atom stereocenters. The summed E-state index contributed by atoms with van der Waals surface area (Å²) in [4.78, 5) is 15.9. The van der Waals surface area contributed by atoms with Gasteiger partial charge in [0.1, 0.15) is 12.7 Å². The third-order valence-corrected chi connectivity index (χ3v) is 3.47. The number of anilines is 1. The summed E-state index contributed by atoms with van der Waals surface area (Å²) >= 11 is 0. The maximum Gasteiger partial charge on any atom is 0.416 e. The second-order valence-electron chi connectivity index (χ2n) is 5.30. The molecule has 0 aliphatic rings. The van der Waals surface area contributed by atoms with Gasteiger partial charge in [-0.15, -0.1) is 0 Å². The van der Waals surface area contributed by atoms with E-state index < -0.39 is 17.6 Å². The average molecular weight is 358 g/mol. The topological polar surface area (TPSA) is 59.8 Å². The first-order valence-electron chi connectivity index (χ1n) is 7.54. The molecule has 0 unspecified atom stereocenters.